The number of halogens is 2. The molecule has 0 aromatic heterocycles. The predicted molar refractivity (Wildman–Crippen MR) is 84.1 cm³/mol. The van der Waals surface area contributed by atoms with Gasteiger partial charge in [-0.05, 0) is 52.9 Å². The van der Waals surface area contributed by atoms with Gasteiger partial charge in [-0.1, -0.05) is 22.9 Å². The molecule has 2 unspecified atom stereocenters. The number of nitrogens with zero attached hydrogens (tertiary/aromatic N) is 1. The summed E-state index contributed by atoms with van der Waals surface area (Å²) in [5.74, 6) is 0.531. The third-order valence-corrected chi connectivity index (χ3v) is 4.96. The zero-order valence-corrected chi connectivity index (χ0v) is 14.1. The van der Waals surface area contributed by atoms with Gasteiger partial charge in [0, 0.05) is 28.1 Å². The average Bonchev–Trinajstić information content (AvgIpc) is 2.40. The standard InChI is InChI=1S/C14H18Br2N2O/c1-9-3-2-6-18(13(9)8-17)14(19)11-7-10(15)4-5-12(11)16/h4-5,7,9,13H,2-3,6,8,17H2,1H3. The lowest BCUT2D eigenvalue weighted by Gasteiger charge is -2.39. The fourth-order valence-corrected chi connectivity index (χ4v) is 3.45. The van der Waals surface area contributed by atoms with Crippen LogP contribution in [-0.2, 0) is 0 Å². The Morgan fingerprint density at radius 3 is 2.89 bits per heavy atom. The fraction of sp³-hybridized carbons (Fsp3) is 0.500. The van der Waals surface area contributed by atoms with Crippen LogP contribution in [0.4, 0.5) is 0 Å². The first kappa shape index (κ1) is 15.0. The Morgan fingerprint density at radius 2 is 2.21 bits per heavy atom. The number of likely N-dealkylation sites (tertiary alicyclic amines) is 1. The first-order chi connectivity index (χ1) is 9.04. The third kappa shape index (κ3) is 3.20. The van der Waals surface area contributed by atoms with Crippen LogP contribution in [-0.4, -0.2) is 29.9 Å². The Balaban J connectivity index is 2.29. The molecule has 0 aliphatic carbocycles. The molecule has 0 bridgehead atoms. The van der Waals surface area contributed by atoms with Gasteiger partial charge in [-0.2, -0.15) is 0 Å². The topological polar surface area (TPSA) is 46.3 Å². The van der Waals surface area contributed by atoms with Crippen LogP contribution in [0, 0.1) is 5.92 Å². The number of rotatable bonds is 2. The zero-order chi connectivity index (χ0) is 14.0. The van der Waals surface area contributed by atoms with Gasteiger partial charge in [0.05, 0.1) is 5.56 Å². The quantitative estimate of drug-likeness (QED) is 0.842. The van der Waals surface area contributed by atoms with Gasteiger partial charge >= 0.3 is 0 Å². The second-order valence-corrected chi connectivity index (χ2v) is 6.82. The SMILES string of the molecule is CC1CCCN(C(=O)c2cc(Br)ccc2Br)C1CN. The van der Waals surface area contributed by atoms with Gasteiger partial charge in [0.1, 0.15) is 0 Å². The summed E-state index contributed by atoms with van der Waals surface area (Å²) >= 11 is 6.87. The largest absolute Gasteiger partial charge is 0.334 e. The molecule has 19 heavy (non-hydrogen) atoms. The van der Waals surface area contributed by atoms with Gasteiger partial charge < -0.3 is 10.6 Å². The molecular formula is C14H18Br2N2O. The highest BCUT2D eigenvalue weighted by atomic mass is 79.9. The van der Waals surface area contributed by atoms with E-state index in [1.165, 1.54) is 0 Å². The number of benzene rings is 1. The lowest BCUT2D eigenvalue weighted by molar-refractivity contribution is 0.0531. The molecule has 0 radical (unpaired) electrons. The smallest absolute Gasteiger partial charge is 0.255 e. The van der Waals surface area contributed by atoms with E-state index in [-0.39, 0.29) is 11.9 Å². The molecule has 1 aliphatic rings. The highest BCUT2D eigenvalue weighted by molar-refractivity contribution is 9.11. The Kier molecular flexibility index (Phi) is 5.03. The minimum absolute atomic E-state index is 0.0650. The highest BCUT2D eigenvalue weighted by Gasteiger charge is 2.31. The van der Waals surface area contributed by atoms with E-state index in [9.17, 15) is 4.79 Å². The highest BCUT2D eigenvalue weighted by Crippen LogP contribution is 2.28. The molecule has 1 amide bonds. The van der Waals surface area contributed by atoms with Crippen molar-refractivity contribution in [1.82, 2.24) is 4.90 Å². The second-order valence-electron chi connectivity index (χ2n) is 5.05. The van der Waals surface area contributed by atoms with Crippen LogP contribution in [0.1, 0.15) is 30.1 Å². The first-order valence-electron chi connectivity index (χ1n) is 6.50. The molecule has 2 rings (SSSR count). The number of piperidine rings is 1. The maximum atomic E-state index is 12.7. The predicted octanol–water partition coefficient (Wildman–Crippen LogP) is 3.41. The van der Waals surface area contributed by atoms with Crippen molar-refractivity contribution >= 4 is 37.8 Å². The summed E-state index contributed by atoms with van der Waals surface area (Å²) in [5.41, 5.74) is 6.55. The number of nitrogens with two attached hydrogens (primary N) is 1. The van der Waals surface area contributed by atoms with Crippen molar-refractivity contribution in [3.05, 3.63) is 32.7 Å². The minimum atomic E-state index is 0.0650. The molecule has 3 nitrogen and oxygen atoms in total. The van der Waals surface area contributed by atoms with Crippen molar-refractivity contribution in [2.24, 2.45) is 11.7 Å². The van der Waals surface area contributed by atoms with Crippen LogP contribution in [0.5, 0.6) is 0 Å². The van der Waals surface area contributed by atoms with E-state index in [4.69, 9.17) is 5.73 Å². The molecule has 1 aromatic rings. The summed E-state index contributed by atoms with van der Waals surface area (Å²) in [6.45, 7) is 3.50. The van der Waals surface area contributed by atoms with E-state index in [1.54, 1.807) is 0 Å². The summed E-state index contributed by atoms with van der Waals surface area (Å²) in [4.78, 5) is 14.6. The van der Waals surface area contributed by atoms with E-state index in [1.807, 2.05) is 23.1 Å². The van der Waals surface area contributed by atoms with Crippen LogP contribution in [0.15, 0.2) is 27.1 Å². The number of amides is 1. The van der Waals surface area contributed by atoms with Crippen molar-refractivity contribution in [2.45, 2.75) is 25.8 Å². The lowest BCUT2D eigenvalue weighted by Crippen LogP contribution is -2.51. The molecule has 0 saturated carbocycles. The van der Waals surface area contributed by atoms with Gasteiger partial charge in [-0.15, -0.1) is 0 Å². The van der Waals surface area contributed by atoms with Gasteiger partial charge in [-0.25, -0.2) is 0 Å². The normalized spacial score (nSPS) is 23.5. The molecule has 0 spiro atoms. The number of carbonyl (C=O) groups excluding carboxylic acids is 1. The molecule has 2 N–H and O–H groups in total. The summed E-state index contributed by atoms with van der Waals surface area (Å²) in [6, 6.07) is 5.81. The van der Waals surface area contributed by atoms with Crippen molar-refractivity contribution in [3.8, 4) is 0 Å². The lowest BCUT2D eigenvalue weighted by atomic mass is 9.90. The number of hydrogen-bond acceptors (Lipinski definition) is 2. The summed E-state index contributed by atoms with van der Waals surface area (Å²) in [5, 5.41) is 0. The first-order valence-corrected chi connectivity index (χ1v) is 8.09. The molecule has 2 atom stereocenters. The number of hydrogen-bond donors (Lipinski definition) is 1. The summed E-state index contributed by atoms with van der Waals surface area (Å²) in [6.07, 6.45) is 2.19. The maximum absolute atomic E-state index is 12.7. The van der Waals surface area contributed by atoms with E-state index < -0.39 is 0 Å². The van der Waals surface area contributed by atoms with E-state index in [2.05, 4.69) is 38.8 Å². The Morgan fingerprint density at radius 1 is 1.47 bits per heavy atom. The van der Waals surface area contributed by atoms with Gasteiger partial charge in [-0.3, -0.25) is 4.79 Å². The van der Waals surface area contributed by atoms with E-state index in [0.717, 1.165) is 28.3 Å². The maximum Gasteiger partial charge on any atom is 0.255 e. The minimum Gasteiger partial charge on any atom is -0.334 e. The number of carbonyl (C=O) groups is 1. The third-order valence-electron chi connectivity index (χ3n) is 3.78. The Hall–Kier alpha value is -0.390. The zero-order valence-electron chi connectivity index (χ0n) is 10.9. The molecule has 1 aromatic carbocycles. The van der Waals surface area contributed by atoms with E-state index in [0.29, 0.717) is 18.0 Å². The van der Waals surface area contributed by atoms with Crippen LogP contribution in [0.2, 0.25) is 0 Å². The summed E-state index contributed by atoms with van der Waals surface area (Å²) in [7, 11) is 0. The molecule has 1 heterocycles. The second kappa shape index (κ2) is 6.37. The Bertz CT molecular complexity index is 479. The molecule has 5 heteroatoms. The van der Waals surface area contributed by atoms with Crippen LogP contribution in [0.25, 0.3) is 0 Å². The van der Waals surface area contributed by atoms with Gasteiger partial charge in [0.25, 0.3) is 5.91 Å². The molecular weight excluding hydrogens is 372 g/mol. The fourth-order valence-electron chi connectivity index (χ4n) is 2.68. The summed E-state index contributed by atoms with van der Waals surface area (Å²) < 4.78 is 1.74. The van der Waals surface area contributed by atoms with Crippen molar-refractivity contribution in [2.75, 3.05) is 13.1 Å². The molecule has 1 aliphatic heterocycles. The van der Waals surface area contributed by atoms with Crippen LogP contribution in [0.3, 0.4) is 0 Å². The van der Waals surface area contributed by atoms with Gasteiger partial charge in [0.15, 0.2) is 0 Å². The molecule has 1 fully saturated rings. The van der Waals surface area contributed by atoms with Gasteiger partial charge in [0.2, 0.25) is 0 Å². The van der Waals surface area contributed by atoms with Crippen molar-refractivity contribution in [1.29, 1.82) is 0 Å². The van der Waals surface area contributed by atoms with Crippen LogP contribution >= 0.6 is 31.9 Å². The monoisotopic (exact) mass is 388 g/mol. The average molecular weight is 390 g/mol. The van der Waals surface area contributed by atoms with Crippen molar-refractivity contribution in [3.63, 3.8) is 0 Å². The van der Waals surface area contributed by atoms with Crippen LogP contribution < -0.4 is 5.73 Å². The molecule has 1 saturated heterocycles. The Labute approximate surface area is 130 Å². The van der Waals surface area contributed by atoms with Crippen molar-refractivity contribution < 1.29 is 4.79 Å². The van der Waals surface area contributed by atoms with E-state index >= 15 is 0 Å². The molecule has 104 valence electrons.